The second kappa shape index (κ2) is 5.98. The molecule has 0 aromatic heterocycles. The first-order chi connectivity index (χ1) is 7.44. The highest BCUT2D eigenvalue weighted by Crippen LogP contribution is 2.15. The molecule has 2 nitrogen and oxygen atoms in total. The molecule has 1 unspecified atom stereocenters. The summed E-state index contributed by atoms with van der Waals surface area (Å²) in [6.07, 6.45) is 0. The van der Waals surface area contributed by atoms with Crippen LogP contribution in [0.5, 0.6) is 0 Å². The van der Waals surface area contributed by atoms with Gasteiger partial charge < -0.3 is 10.1 Å². The van der Waals surface area contributed by atoms with Gasteiger partial charge in [0.2, 0.25) is 0 Å². The first-order valence-electron chi connectivity index (χ1n) is 5.48. The minimum Gasteiger partial charge on any atom is -0.377 e. The van der Waals surface area contributed by atoms with Gasteiger partial charge in [0.25, 0.3) is 0 Å². The molecule has 0 radical (unpaired) electrons. The van der Waals surface area contributed by atoms with Crippen LogP contribution in [-0.4, -0.2) is 19.3 Å². The van der Waals surface area contributed by atoms with Gasteiger partial charge in [0, 0.05) is 23.3 Å². The largest absolute Gasteiger partial charge is 0.377 e. The van der Waals surface area contributed by atoms with Crippen molar-refractivity contribution in [1.29, 1.82) is 0 Å². The van der Waals surface area contributed by atoms with Gasteiger partial charge in [-0.3, -0.25) is 0 Å². The molecule has 1 aromatic carbocycles. The molecule has 0 saturated carbocycles. The van der Waals surface area contributed by atoms with Crippen molar-refractivity contribution in [3.8, 4) is 0 Å². The number of rotatable bonds is 5. The molecule has 0 spiro atoms. The summed E-state index contributed by atoms with van der Waals surface area (Å²) in [4.78, 5) is 0. The molecule has 0 aliphatic carbocycles. The van der Waals surface area contributed by atoms with Crippen molar-refractivity contribution in [2.24, 2.45) is 0 Å². The van der Waals surface area contributed by atoms with E-state index in [2.05, 4.69) is 72.9 Å². The number of hydrogen-bond acceptors (Lipinski definition) is 2. The zero-order valence-corrected chi connectivity index (χ0v) is 12.5. The molecule has 16 heavy (non-hydrogen) atoms. The molecule has 0 amide bonds. The highest BCUT2D eigenvalue weighted by molar-refractivity contribution is 14.1. The second-order valence-electron chi connectivity index (χ2n) is 4.62. The fourth-order valence-electron chi connectivity index (χ4n) is 1.34. The van der Waals surface area contributed by atoms with Crippen LogP contribution in [0.15, 0.2) is 24.3 Å². The van der Waals surface area contributed by atoms with Gasteiger partial charge in [-0.2, -0.15) is 0 Å². The van der Waals surface area contributed by atoms with Crippen LogP contribution in [0.3, 0.4) is 0 Å². The molecule has 90 valence electrons. The van der Waals surface area contributed by atoms with E-state index in [-0.39, 0.29) is 5.60 Å². The Bertz CT molecular complexity index is 321. The Morgan fingerprint density at radius 3 is 2.38 bits per heavy atom. The summed E-state index contributed by atoms with van der Waals surface area (Å²) in [5, 5.41) is 3.48. The molecule has 0 aliphatic heterocycles. The number of benzene rings is 1. The minimum absolute atomic E-state index is 0.114. The SMILES string of the molecule is COC(C)(C)CNC(C)c1ccc(I)cc1. The lowest BCUT2D eigenvalue weighted by Gasteiger charge is -2.26. The summed E-state index contributed by atoms with van der Waals surface area (Å²) < 4.78 is 6.65. The third-order valence-electron chi connectivity index (χ3n) is 2.76. The van der Waals surface area contributed by atoms with Gasteiger partial charge in [0.15, 0.2) is 0 Å². The van der Waals surface area contributed by atoms with E-state index in [0.717, 1.165) is 6.54 Å². The van der Waals surface area contributed by atoms with Crippen molar-refractivity contribution in [1.82, 2.24) is 5.32 Å². The molecular formula is C13H20INO. The Morgan fingerprint density at radius 2 is 1.88 bits per heavy atom. The smallest absolute Gasteiger partial charge is 0.0746 e. The standard InChI is InChI=1S/C13H20INO/c1-10(15-9-13(2,3)16-4)11-5-7-12(14)8-6-11/h5-8,10,15H,9H2,1-4H3. The first-order valence-corrected chi connectivity index (χ1v) is 6.56. The maximum Gasteiger partial charge on any atom is 0.0746 e. The molecule has 0 bridgehead atoms. The predicted molar refractivity (Wildman–Crippen MR) is 76.7 cm³/mol. The number of nitrogens with one attached hydrogen (secondary N) is 1. The van der Waals surface area contributed by atoms with Crippen molar-refractivity contribution in [2.75, 3.05) is 13.7 Å². The van der Waals surface area contributed by atoms with Crippen molar-refractivity contribution >= 4 is 22.6 Å². The maximum absolute atomic E-state index is 5.38. The Balaban J connectivity index is 2.53. The molecule has 0 saturated heterocycles. The lowest BCUT2D eigenvalue weighted by molar-refractivity contribution is 0.0214. The minimum atomic E-state index is -0.114. The second-order valence-corrected chi connectivity index (χ2v) is 5.86. The molecule has 3 heteroatoms. The van der Waals surface area contributed by atoms with E-state index in [9.17, 15) is 0 Å². The van der Waals surface area contributed by atoms with E-state index >= 15 is 0 Å². The summed E-state index contributed by atoms with van der Waals surface area (Å²) in [6.45, 7) is 7.19. The van der Waals surface area contributed by atoms with Crippen LogP contribution < -0.4 is 5.32 Å². The Morgan fingerprint density at radius 1 is 1.31 bits per heavy atom. The van der Waals surface area contributed by atoms with E-state index in [1.54, 1.807) is 7.11 Å². The fraction of sp³-hybridized carbons (Fsp3) is 0.538. The van der Waals surface area contributed by atoms with Crippen LogP contribution in [0, 0.1) is 3.57 Å². The van der Waals surface area contributed by atoms with Gasteiger partial charge in [0.05, 0.1) is 5.60 Å². The molecular weight excluding hydrogens is 313 g/mol. The van der Waals surface area contributed by atoms with Gasteiger partial charge in [0.1, 0.15) is 0 Å². The number of hydrogen-bond donors (Lipinski definition) is 1. The summed E-state index contributed by atoms with van der Waals surface area (Å²) in [5.74, 6) is 0. The van der Waals surface area contributed by atoms with E-state index < -0.39 is 0 Å². The maximum atomic E-state index is 5.38. The topological polar surface area (TPSA) is 21.3 Å². The summed E-state index contributed by atoms with van der Waals surface area (Å²) in [7, 11) is 1.75. The van der Waals surface area contributed by atoms with Gasteiger partial charge >= 0.3 is 0 Å². The lowest BCUT2D eigenvalue weighted by atomic mass is 10.1. The van der Waals surface area contributed by atoms with Crippen LogP contribution in [0.1, 0.15) is 32.4 Å². The molecule has 0 heterocycles. The van der Waals surface area contributed by atoms with Crippen LogP contribution in [0.2, 0.25) is 0 Å². The zero-order chi connectivity index (χ0) is 12.2. The van der Waals surface area contributed by atoms with Crippen LogP contribution in [0.4, 0.5) is 0 Å². The van der Waals surface area contributed by atoms with E-state index in [1.807, 2.05) is 0 Å². The normalized spacial score (nSPS) is 13.8. The van der Waals surface area contributed by atoms with Gasteiger partial charge in [-0.1, -0.05) is 12.1 Å². The van der Waals surface area contributed by atoms with Crippen molar-refractivity contribution in [3.63, 3.8) is 0 Å². The first kappa shape index (κ1) is 13.9. The highest BCUT2D eigenvalue weighted by atomic mass is 127. The zero-order valence-electron chi connectivity index (χ0n) is 10.4. The molecule has 1 aromatic rings. The molecule has 1 N–H and O–H groups in total. The van der Waals surface area contributed by atoms with E-state index in [1.165, 1.54) is 9.13 Å². The summed E-state index contributed by atoms with van der Waals surface area (Å²) >= 11 is 2.32. The third kappa shape index (κ3) is 4.39. The third-order valence-corrected chi connectivity index (χ3v) is 3.48. The Kier molecular flexibility index (Phi) is 5.21. The molecule has 1 atom stereocenters. The van der Waals surface area contributed by atoms with Crippen LogP contribution in [-0.2, 0) is 4.74 Å². The highest BCUT2D eigenvalue weighted by Gasteiger charge is 2.17. The number of methoxy groups -OCH3 is 1. The quantitative estimate of drug-likeness (QED) is 0.835. The predicted octanol–water partition coefficient (Wildman–Crippen LogP) is 3.37. The van der Waals surface area contributed by atoms with E-state index in [0.29, 0.717) is 6.04 Å². The Hall–Kier alpha value is -0.130. The van der Waals surface area contributed by atoms with E-state index in [4.69, 9.17) is 4.74 Å². The van der Waals surface area contributed by atoms with Crippen molar-refractivity contribution < 1.29 is 4.74 Å². The van der Waals surface area contributed by atoms with Gasteiger partial charge in [-0.05, 0) is 61.1 Å². The van der Waals surface area contributed by atoms with Crippen molar-refractivity contribution in [2.45, 2.75) is 32.4 Å². The molecule has 1 rings (SSSR count). The number of ether oxygens (including phenoxy) is 1. The monoisotopic (exact) mass is 333 g/mol. The van der Waals surface area contributed by atoms with Crippen LogP contribution >= 0.6 is 22.6 Å². The Labute approximate surface area is 112 Å². The number of halogens is 1. The average Bonchev–Trinajstić information content (AvgIpc) is 2.27. The van der Waals surface area contributed by atoms with Crippen molar-refractivity contribution in [3.05, 3.63) is 33.4 Å². The van der Waals surface area contributed by atoms with Crippen LogP contribution in [0.25, 0.3) is 0 Å². The van der Waals surface area contributed by atoms with Gasteiger partial charge in [-0.25, -0.2) is 0 Å². The van der Waals surface area contributed by atoms with Gasteiger partial charge in [-0.15, -0.1) is 0 Å². The molecule has 0 fully saturated rings. The summed E-state index contributed by atoms with van der Waals surface area (Å²) in [5.41, 5.74) is 1.20. The average molecular weight is 333 g/mol. The summed E-state index contributed by atoms with van der Waals surface area (Å²) in [6, 6.07) is 8.95. The molecule has 0 aliphatic rings. The lowest BCUT2D eigenvalue weighted by Crippen LogP contribution is -2.37. The fourth-order valence-corrected chi connectivity index (χ4v) is 1.70.